The monoisotopic (exact) mass is 463 g/mol. The lowest BCUT2D eigenvalue weighted by atomic mass is 10.1. The first-order valence-corrected chi connectivity index (χ1v) is 10.5. The highest BCUT2D eigenvalue weighted by molar-refractivity contribution is 5.81. The Balaban J connectivity index is 1.75. The molecule has 1 aromatic rings. The van der Waals surface area contributed by atoms with Crippen LogP contribution in [0.5, 0.6) is 0 Å². The summed E-state index contributed by atoms with van der Waals surface area (Å²) in [6.07, 6.45) is -5.14. The van der Waals surface area contributed by atoms with Crippen molar-refractivity contribution in [2.24, 2.45) is 0 Å². The zero-order valence-corrected chi connectivity index (χ0v) is 17.6. The van der Waals surface area contributed by atoms with E-state index < -0.39 is 42.5 Å². The summed E-state index contributed by atoms with van der Waals surface area (Å²) in [4.78, 5) is 33.4. The largest absolute Gasteiger partial charge is 0.408 e. The van der Waals surface area contributed by atoms with Crippen LogP contribution < -0.4 is 15.4 Å². The molecule has 1 amide bonds. The average molecular weight is 463 g/mol. The third-order valence-electron chi connectivity index (χ3n) is 6.02. The van der Waals surface area contributed by atoms with Crippen LogP contribution in [0.1, 0.15) is 13.3 Å². The Morgan fingerprint density at radius 3 is 2.47 bits per heavy atom. The van der Waals surface area contributed by atoms with Crippen LogP contribution in [0.25, 0.3) is 0 Å². The second-order valence-electron chi connectivity index (χ2n) is 8.09. The molecule has 2 fully saturated rings. The van der Waals surface area contributed by atoms with Crippen LogP contribution in [0.15, 0.2) is 4.79 Å². The first-order valence-electron chi connectivity index (χ1n) is 10.5. The van der Waals surface area contributed by atoms with Crippen LogP contribution in [-0.4, -0.2) is 91.2 Å². The number of nitrogens with zero attached hydrogens (tertiary/aromatic N) is 5. The Hall–Kier alpha value is -2.41. The summed E-state index contributed by atoms with van der Waals surface area (Å²) in [6, 6.07) is -2.33. The van der Waals surface area contributed by atoms with Crippen molar-refractivity contribution in [1.82, 2.24) is 14.5 Å². The normalized spacial score (nSPS) is 24.5. The molecule has 2 atom stereocenters. The molecule has 0 radical (unpaired) electrons. The van der Waals surface area contributed by atoms with E-state index in [1.54, 1.807) is 6.92 Å². The fourth-order valence-electron chi connectivity index (χ4n) is 4.29. The minimum atomic E-state index is -4.66. The second-order valence-corrected chi connectivity index (χ2v) is 8.09. The summed E-state index contributed by atoms with van der Waals surface area (Å²) in [5.74, 6) is -2.31. The highest BCUT2D eigenvalue weighted by atomic mass is 19.4. The summed E-state index contributed by atoms with van der Waals surface area (Å²) in [5.41, 5.74) is -1.05. The molecule has 0 N–H and O–H groups in total. The van der Waals surface area contributed by atoms with Crippen LogP contribution in [0.3, 0.4) is 0 Å². The maximum atomic E-state index is 15.0. The van der Waals surface area contributed by atoms with Gasteiger partial charge in [-0.15, -0.1) is 0 Å². The Kier molecular flexibility index (Phi) is 6.30. The molecule has 1 aromatic heterocycles. The van der Waals surface area contributed by atoms with Gasteiger partial charge in [-0.05, 0) is 13.3 Å². The number of carbonyl (C=O) groups is 1. The van der Waals surface area contributed by atoms with Gasteiger partial charge in [-0.2, -0.15) is 22.5 Å². The van der Waals surface area contributed by atoms with Gasteiger partial charge in [-0.25, -0.2) is 0 Å². The predicted octanol–water partition coefficient (Wildman–Crippen LogP) is 0.607. The van der Waals surface area contributed by atoms with Crippen LogP contribution >= 0.6 is 0 Å². The van der Waals surface area contributed by atoms with Crippen molar-refractivity contribution in [2.45, 2.75) is 38.1 Å². The molecule has 13 heteroatoms. The molecular formula is C19H25F4N5O4. The smallest absolute Gasteiger partial charge is 0.378 e. The van der Waals surface area contributed by atoms with Gasteiger partial charge in [0.2, 0.25) is 17.7 Å². The number of rotatable bonds is 3. The molecule has 3 aliphatic heterocycles. The SMILES string of the molecule is CC1COCCN1c1nc2n(c(=O)c1F)CCC(C(F)(F)F)N2CC(=O)N1CCOCC1. The van der Waals surface area contributed by atoms with Crippen LogP contribution in [-0.2, 0) is 20.8 Å². The van der Waals surface area contributed by atoms with Crippen molar-refractivity contribution < 1.29 is 31.8 Å². The number of aromatic nitrogens is 2. The second kappa shape index (κ2) is 8.85. The van der Waals surface area contributed by atoms with Gasteiger partial charge in [0.25, 0.3) is 5.56 Å². The van der Waals surface area contributed by atoms with Crippen molar-refractivity contribution in [2.75, 3.05) is 62.4 Å². The topological polar surface area (TPSA) is 80.1 Å². The summed E-state index contributed by atoms with van der Waals surface area (Å²) >= 11 is 0. The van der Waals surface area contributed by atoms with E-state index in [9.17, 15) is 27.2 Å². The van der Waals surface area contributed by atoms with Crippen molar-refractivity contribution in [3.8, 4) is 0 Å². The third kappa shape index (κ3) is 4.27. The summed E-state index contributed by atoms with van der Waals surface area (Å²) in [5, 5.41) is 0. The maximum Gasteiger partial charge on any atom is 0.408 e. The minimum absolute atomic E-state index is 0.239. The molecule has 0 saturated carbocycles. The van der Waals surface area contributed by atoms with Gasteiger partial charge in [0.1, 0.15) is 12.6 Å². The molecule has 0 bridgehead atoms. The van der Waals surface area contributed by atoms with Crippen molar-refractivity contribution in [3.05, 3.63) is 16.2 Å². The first-order chi connectivity index (χ1) is 15.2. The number of hydrogen-bond acceptors (Lipinski definition) is 7. The van der Waals surface area contributed by atoms with Gasteiger partial charge in [0, 0.05) is 26.2 Å². The molecule has 3 aliphatic rings. The molecule has 0 aromatic carbocycles. The van der Waals surface area contributed by atoms with Gasteiger partial charge in [0.05, 0.1) is 32.5 Å². The van der Waals surface area contributed by atoms with E-state index in [4.69, 9.17) is 9.47 Å². The number of carbonyl (C=O) groups excluding carboxylic acids is 1. The number of amides is 1. The molecule has 178 valence electrons. The van der Waals surface area contributed by atoms with Crippen LogP contribution in [0, 0.1) is 5.82 Å². The summed E-state index contributed by atoms with van der Waals surface area (Å²) < 4.78 is 68.0. The first kappa shape index (κ1) is 22.8. The Morgan fingerprint density at radius 2 is 1.81 bits per heavy atom. The lowest BCUT2D eigenvalue weighted by Crippen LogP contribution is -2.57. The molecule has 0 spiro atoms. The minimum Gasteiger partial charge on any atom is -0.378 e. The predicted molar refractivity (Wildman–Crippen MR) is 105 cm³/mol. The zero-order chi connectivity index (χ0) is 23.0. The maximum absolute atomic E-state index is 15.0. The van der Waals surface area contributed by atoms with E-state index in [0.717, 1.165) is 9.47 Å². The average Bonchev–Trinajstić information content (AvgIpc) is 2.76. The van der Waals surface area contributed by atoms with Gasteiger partial charge >= 0.3 is 6.18 Å². The van der Waals surface area contributed by atoms with Gasteiger partial charge in [-0.3, -0.25) is 14.2 Å². The van der Waals surface area contributed by atoms with E-state index in [1.165, 1.54) is 9.80 Å². The fourth-order valence-corrected chi connectivity index (χ4v) is 4.29. The molecular weight excluding hydrogens is 438 g/mol. The standard InChI is InChI=1S/C19H25F4N5O4/c1-12-11-32-9-6-26(12)16-15(20)17(30)27-3-2-13(19(21,22)23)28(18(27)24-16)10-14(29)25-4-7-31-8-5-25/h12-13H,2-11H2,1H3. The van der Waals surface area contributed by atoms with Crippen LogP contribution in [0.2, 0.25) is 0 Å². The molecule has 2 unspecified atom stereocenters. The Bertz CT molecular complexity index is 918. The fraction of sp³-hybridized carbons (Fsp3) is 0.737. The number of hydrogen-bond donors (Lipinski definition) is 0. The molecule has 2 saturated heterocycles. The van der Waals surface area contributed by atoms with Gasteiger partial charge in [-0.1, -0.05) is 0 Å². The van der Waals surface area contributed by atoms with Crippen molar-refractivity contribution in [3.63, 3.8) is 0 Å². The molecule has 0 aliphatic carbocycles. The van der Waals surface area contributed by atoms with E-state index in [-0.39, 0.29) is 57.2 Å². The quantitative estimate of drug-likeness (QED) is 0.608. The Labute approximate surface area is 181 Å². The number of ether oxygens (including phenoxy) is 2. The van der Waals surface area contributed by atoms with Gasteiger partial charge in [0.15, 0.2) is 5.82 Å². The molecule has 9 nitrogen and oxygen atoms in total. The highest BCUT2D eigenvalue weighted by Gasteiger charge is 2.48. The van der Waals surface area contributed by atoms with E-state index >= 15 is 0 Å². The van der Waals surface area contributed by atoms with Gasteiger partial charge < -0.3 is 24.2 Å². The molecule has 4 rings (SSSR count). The lowest BCUT2D eigenvalue weighted by molar-refractivity contribution is -0.154. The van der Waals surface area contributed by atoms with E-state index in [1.807, 2.05) is 0 Å². The van der Waals surface area contributed by atoms with Crippen LogP contribution in [0.4, 0.5) is 29.3 Å². The molecule has 4 heterocycles. The number of morpholine rings is 2. The highest BCUT2D eigenvalue weighted by Crippen LogP contribution is 2.35. The van der Waals surface area contributed by atoms with Crippen molar-refractivity contribution >= 4 is 17.7 Å². The van der Waals surface area contributed by atoms with E-state index in [2.05, 4.69) is 4.98 Å². The van der Waals surface area contributed by atoms with Crippen molar-refractivity contribution in [1.29, 1.82) is 0 Å². The Morgan fingerprint density at radius 1 is 1.12 bits per heavy atom. The summed E-state index contributed by atoms with van der Waals surface area (Å²) in [7, 11) is 0. The lowest BCUT2D eigenvalue weighted by Gasteiger charge is -2.41. The zero-order valence-electron chi connectivity index (χ0n) is 17.6. The third-order valence-corrected chi connectivity index (χ3v) is 6.02. The number of alkyl halides is 3. The van der Waals surface area contributed by atoms with E-state index in [0.29, 0.717) is 13.2 Å². The molecule has 32 heavy (non-hydrogen) atoms. The number of fused-ring (bicyclic) bond motifs is 1. The summed E-state index contributed by atoms with van der Waals surface area (Å²) in [6.45, 7) is 2.69. The number of halogens is 4. The number of anilines is 2.